The van der Waals surface area contributed by atoms with Gasteiger partial charge in [-0.25, -0.2) is 13.1 Å². The Morgan fingerprint density at radius 3 is 2.37 bits per heavy atom. The van der Waals surface area contributed by atoms with Crippen molar-refractivity contribution in [2.45, 2.75) is 11.3 Å². The van der Waals surface area contributed by atoms with Crippen molar-refractivity contribution in [2.75, 3.05) is 13.1 Å². The maximum Gasteiger partial charge on any atom is 0.322 e. The molecule has 0 aliphatic carbocycles. The van der Waals surface area contributed by atoms with Gasteiger partial charge in [-0.05, 0) is 12.1 Å². The van der Waals surface area contributed by atoms with Crippen molar-refractivity contribution >= 4 is 21.9 Å². The highest BCUT2D eigenvalue weighted by Gasteiger charge is 2.13. The molecule has 1 rings (SSSR count). The van der Waals surface area contributed by atoms with E-state index in [1.165, 1.54) is 12.1 Å². The standard InChI is InChI=1S/C11H14N2O5S/c14-10(12-8-11(15)16)6-7-13-19(17,18)9-4-2-1-3-5-9/h1-5,13H,6-8H2,(H,12,14)(H,15,16). The third-order valence-corrected chi connectivity index (χ3v) is 3.61. The third-order valence-electron chi connectivity index (χ3n) is 2.13. The Hall–Kier alpha value is -1.93. The van der Waals surface area contributed by atoms with Gasteiger partial charge in [-0.2, -0.15) is 0 Å². The predicted octanol–water partition coefficient (Wildman–Crippen LogP) is -0.444. The second kappa shape index (κ2) is 6.86. The number of nitrogens with one attached hydrogen (secondary N) is 2. The van der Waals surface area contributed by atoms with Crippen LogP contribution in [0.5, 0.6) is 0 Å². The van der Waals surface area contributed by atoms with Gasteiger partial charge in [-0.3, -0.25) is 9.59 Å². The fraction of sp³-hybridized carbons (Fsp3) is 0.273. The Labute approximate surface area is 110 Å². The van der Waals surface area contributed by atoms with Gasteiger partial charge in [0.05, 0.1) is 4.90 Å². The number of hydrogen-bond donors (Lipinski definition) is 3. The number of carboxylic acid groups (broad SMARTS) is 1. The molecule has 8 heteroatoms. The minimum Gasteiger partial charge on any atom is -0.480 e. The molecule has 0 aromatic heterocycles. The lowest BCUT2D eigenvalue weighted by atomic mass is 10.4. The van der Waals surface area contributed by atoms with Crippen LogP contribution in [-0.2, 0) is 19.6 Å². The summed E-state index contributed by atoms with van der Waals surface area (Å²) in [5, 5.41) is 10.5. The lowest BCUT2D eigenvalue weighted by molar-refractivity contribution is -0.137. The summed E-state index contributed by atoms with van der Waals surface area (Å²) < 4.78 is 25.7. The van der Waals surface area contributed by atoms with Crippen molar-refractivity contribution in [2.24, 2.45) is 0 Å². The van der Waals surface area contributed by atoms with Crippen LogP contribution in [0.2, 0.25) is 0 Å². The van der Waals surface area contributed by atoms with Crippen molar-refractivity contribution in [3.8, 4) is 0 Å². The van der Waals surface area contributed by atoms with Crippen molar-refractivity contribution in [3.05, 3.63) is 30.3 Å². The summed E-state index contributed by atoms with van der Waals surface area (Å²) in [4.78, 5) is 21.5. The van der Waals surface area contributed by atoms with Crippen molar-refractivity contribution in [1.82, 2.24) is 10.0 Å². The number of aliphatic carboxylic acids is 1. The van der Waals surface area contributed by atoms with Crippen LogP contribution in [0.4, 0.5) is 0 Å². The maximum absolute atomic E-state index is 11.7. The van der Waals surface area contributed by atoms with Crippen molar-refractivity contribution in [1.29, 1.82) is 0 Å². The van der Waals surface area contributed by atoms with E-state index in [0.717, 1.165) is 0 Å². The molecule has 1 aromatic carbocycles. The van der Waals surface area contributed by atoms with Crippen LogP contribution < -0.4 is 10.0 Å². The lowest BCUT2D eigenvalue weighted by Crippen LogP contribution is -2.33. The van der Waals surface area contributed by atoms with E-state index < -0.39 is 28.4 Å². The zero-order valence-corrected chi connectivity index (χ0v) is 10.8. The number of rotatable bonds is 7. The van der Waals surface area contributed by atoms with Crippen molar-refractivity contribution < 1.29 is 23.1 Å². The van der Waals surface area contributed by atoms with E-state index in [9.17, 15) is 18.0 Å². The summed E-state index contributed by atoms with van der Waals surface area (Å²) in [6.45, 7) is -0.576. The molecule has 104 valence electrons. The molecule has 0 saturated heterocycles. The molecule has 0 aliphatic heterocycles. The molecule has 1 aromatic rings. The zero-order chi connectivity index (χ0) is 14.3. The quantitative estimate of drug-likeness (QED) is 0.628. The number of carbonyl (C=O) groups excluding carboxylic acids is 1. The van der Waals surface area contributed by atoms with Crippen molar-refractivity contribution in [3.63, 3.8) is 0 Å². The van der Waals surface area contributed by atoms with Crippen LogP contribution in [0.15, 0.2) is 35.2 Å². The number of carbonyl (C=O) groups is 2. The highest BCUT2D eigenvalue weighted by Crippen LogP contribution is 2.06. The van der Waals surface area contributed by atoms with Gasteiger partial charge in [0.15, 0.2) is 0 Å². The largest absolute Gasteiger partial charge is 0.480 e. The van der Waals surface area contributed by atoms with E-state index in [1.807, 2.05) is 0 Å². The maximum atomic E-state index is 11.7. The molecule has 7 nitrogen and oxygen atoms in total. The third kappa shape index (κ3) is 5.49. The molecular formula is C11H14N2O5S. The van der Waals surface area contributed by atoms with Gasteiger partial charge in [0, 0.05) is 13.0 Å². The molecule has 0 unspecified atom stereocenters. The van der Waals surface area contributed by atoms with Gasteiger partial charge in [-0.1, -0.05) is 18.2 Å². The molecule has 0 saturated carbocycles. The van der Waals surface area contributed by atoms with Gasteiger partial charge in [0.2, 0.25) is 15.9 Å². The molecular weight excluding hydrogens is 272 g/mol. The average Bonchev–Trinajstić information content (AvgIpc) is 2.37. The van der Waals surface area contributed by atoms with E-state index in [0.29, 0.717) is 0 Å². The second-order valence-corrected chi connectivity index (χ2v) is 5.40. The molecule has 0 radical (unpaired) electrons. The second-order valence-electron chi connectivity index (χ2n) is 3.63. The van der Waals surface area contributed by atoms with Crippen LogP contribution in [-0.4, -0.2) is 38.5 Å². The van der Waals surface area contributed by atoms with E-state index in [2.05, 4.69) is 10.0 Å². The lowest BCUT2D eigenvalue weighted by Gasteiger charge is -2.06. The van der Waals surface area contributed by atoms with Gasteiger partial charge in [0.1, 0.15) is 6.54 Å². The van der Waals surface area contributed by atoms with Crippen LogP contribution in [0.3, 0.4) is 0 Å². The van der Waals surface area contributed by atoms with Crippen LogP contribution in [0.1, 0.15) is 6.42 Å². The first-order chi connectivity index (χ1) is 8.92. The molecule has 0 spiro atoms. The fourth-order valence-electron chi connectivity index (χ4n) is 1.24. The van der Waals surface area contributed by atoms with Gasteiger partial charge in [0.25, 0.3) is 0 Å². The molecule has 0 fully saturated rings. The number of hydrogen-bond acceptors (Lipinski definition) is 4. The summed E-state index contributed by atoms with van der Waals surface area (Å²) in [6, 6.07) is 7.75. The number of carboxylic acids is 1. The Bertz CT molecular complexity index is 541. The minimum absolute atomic E-state index is 0.0946. The monoisotopic (exact) mass is 286 g/mol. The summed E-state index contributed by atoms with van der Waals surface area (Å²) in [6.07, 6.45) is -0.126. The first-order valence-corrected chi connectivity index (χ1v) is 6.93. The summed E-state index contributed by atoms with van der Waals surface area (Å²) >= 11 is 0. The Kier molecular flexibility index (Phi) is 5.46. The van der Waals surface area contributed by atoms with Crippen LogP contribution in [0.25, 0.3) is 0 Å². The first-order valence-electron chi connectivity index (χ1n) is 5.45. The topological polar surface area (TPSA) is 113 Å². The Morgan fingerprint density at radius 2 is 1.79 bits per heavy atom. The van der Waals surface area contributed by atoms with E-state index in [-0.39, 0.29) is 17.9 Å². The molecule has 0 aliphatic rings. The molecule has 19 heavy (non-hydrogen) atoms. The SMILES string of the molecule is O=C(O)CNC(=O)CCNS(=O)(=O)c1ccccc1. The van der Waals surface area contributed by atoms with Gasteiger partial charge in [-0.15, -0.1) is 0 Å². The minimum atomic E-state index is -3.63. The molecule has 0 bridgehead atoms. The van der Waals surface area contributed by atoms with E-state index >= 15 is 0 Å². The molecule has 0 heterocycles. The molecule has 1 amide bonds. The predicted molar refractivity (Wildman–Crippen MR) is 66.9 cm³/mol. The summed E-state index contributed by atoms with van der Waals surface area (Å²) in [5.74, 6) is -1.68. The number of benzene rings is 1. The Balaban J connectivity index is 2.41. The van der Waals surface area contributed by atoms with Gasteiger partial charge < -0.3 is 10.4 Å². The van der Waals surface area contributed by atoms with Crippen LogP contribution in [0, 0.1) is 0 Å². The summed E-state index contributed by atoms with van der Waals surface area (Å²) in [5.41, 5.74) is 0. The average molecular weight is 286 g/mol. The smallest absolute Gasteiger partial charge is 0.322 e. The normalized spacial score (nSPS) is 10.9. The van der Waals surface area contributed by atoms with E-state index in [4.69, 9.17) is 5.11 Å². The van der Waals surface area contributed by atoms with Crippen LogP contribution >= 0.6 is 0 Å². The summed E-state index contributed by atoms with van der Waals surface area (Å²) in [7, 11) is -3.63. The number of amides is 1. The molecule has 3 N–H and O–H groups in total. The van der Waals surface area contributed by atoms with Gasteiger partial charge >= 0.3 is 5.97 Å². The number of sulfonamides is 1. The first kappa shape index (κ1) is 15.1. The highest BCUT2D eigenvalue weighted by molar-refractivity contribution is 7.89. The highest BCUT2D eigenvalue weighted by atomic mass is 32.2. The molecule has 0 atom stereocenters. The van der Waals surface area contributed by atoms with E-state index in [1.54, 1.807) is 18.2 Å². The fourth-order valence-corrected chi connectivity index (χ4v) is 2.30. The Morgan fingerprint density at radius 1 is 1.16 bits per heavy atom. The zero-order valence-electron chi connectivity index (χ0n) is 10.00.